The molecule has 0 aromatic heterocycles. The quantitative estimate of drug-likeness (QED) is 0.665. The van der Waals surface area contributed by atoms with Gasteiger partial charge in [0.1, 0.15) is 17.3 Å². The van der Waals surface area contributed by atoms with Gasteiger partial charge in [-0.3, -0.25) is 10.1 Å². The van der Waals surface area contributed by atoms with Crippen molar-refractivity contribution in [1.82, 2.24) is 4.90 Å². The standard InChI is InChI=1S/C15H20N4O2/c1-12-5-8-18(9-6-12)10-7-17-14-4-2-3-13(11-16)15(14)19(20)21/h2-4,12,17H,5-10H2,1H3. The molecule has 0 saturated carbocycles. The predicted octanol–water partition coefficient (Wildman–Crippen LogP) is 2.61. The van der Waals surface area contributed by atoms with Crippen LogP contribution in [-0.4, -0.2) is 36.0 Å². The topological polar surface area (TPSA) is 82.2 Å². The molecule has 0 bridgehead atoms. The number of likely N-dealkylation sites (tertiary alicyclic amines) is 1. The van der Waals surface area contributed by atoms with Crippen LogP contribution in [0.1, 0.15) is 25.3 Å². The fourth-order valence-corrected chi connectivity index (χ4v) is 2.61. The molecule has 1 fully saturated rings. The second kappa shape index (κ2) is 7.04. The van der Waals surface area contributed by atoms with Crippen LogP contribution in [0.25, 0.3) is 0 Å². The van der Waals surface area contributed by atoms with Gasteiger partial charge in [0.2, 0.25) is 0 Å². The molecule has 1 heterocycles. The largest absolute Gasteiger partial charge is 0.378 e. The van der Waals surface area contributed by atoms with Crippen LogP contribution < -0.4 is 5.32 Å². The van der Waals surface area contributed by atoms with Crippen LogP contribution in [0, 0.1) is 27.4 Å². The van der Waals surface area contributed by atoms with E-state index in [-0.39, 0.29) is 11.3 Å². The van der Waals surface area contributed by atoms with Gasteiger partial charge >= 0.3 is 5.69 Å². The van der Waals surface area contributed by atoms with Crippen molar-refractivity contribution in [2.24, 2.45) is 5.92 Å². The molecule has 1 aliphatic heterocycles. The Morgan fingerprint density at radius 3 is 2.81 bits per heavy atom. The number of piperidine rings is 1. The number of hydrogen-bond acceptors (Lipinski definition) is 5. The molecule has 0 amide bonds. The normalized spacial score (nSPS) is 16.4. The lowest BCUT2D eigenvalue weighted by Gasteiger charge is -2.30. The van der Waals surface area contributed by atoms with Gasteiger partial charge in [-0.15, -0.1) is 0 Å². The van der Waals surface area contributed by atoms with Crippen LogP contribution in [0.5, 0.6) is 0 Å². The van der Waals surface area contributed by atoms with Gasteiger partial charge in [-0.05, 0) is 44.0 Å². The first kappa shape index (κ1) is 15.3. The van der Waals surface area contributed by atoms with E-state index in [2.05, 4.69) is 17.1 Å². The summed E-state index contributed by atoms with van der Waals surface area (Å²) in [4.78, 5) is 13.0. The van der Waals surface area contributed by atoms with Crippen LogP contribution in [0.3, 0.4) is 0 Å². The highest BCUT2D eigenvalue weighted by atomic mass is 16.6. The number of hydrogen-bond donors (Lipinski definition) is 1. The SMILES string of the molecule is CC1CCN(CCNc2cccc(C#N)c2[N+](=O)[O-])CC1. The van der Waals surface area contributed by atoms with E-state index in [9.17, 15) is 10.1 Å². The highest BCUT2D eigenvalue weighted by molar-refractivity contribution is 5.68. The zero-order valence-corrected chi connectivity index (χ0v) is 12.2. The van der Waals surface area contributed by atoms with Gasteiger partial charge in [-0.1, -0.05) is 13.0 Å². The summed E-state index contributed by atoms with van der Waals surface area (Å²) in [6.07, 6.45) is 2.42. The average Bonchev–Trinajstić information content (AvgIpc) is 2.48. The maximum atomic E-state index is 11.1. The molecule has 1 N–H and O–H groups in total. The lowest BCUT2D eigenvalue weighted by molar-refractivity contribution is -0.384. The summed E-state index contributed by atoms with van der Waals surface area (Å²) in [5.74, 6) is 0.794. The molecule has 0 radical (unpaired) electrons. The Morgan fingerprint density at radius 1 is 1.48 bits per heavy atom. The summed E-state index contributed by atoms with van der Waals surface area (Å²) in [6, 6.07) is 6.65. The van der Waals surface area contributed by atoms with Crippen molar-refractivity contribution in [3.63, 3.8) is 0 Å². The van der Waals surface area contributed by atoms with Crippen molar-refractivity contribution < 1.29 is 4.92 Å². The summed E-state index contributed by atoms with van der Waals surface area (Å²) >= 11 is 0. The number of rotatable bonds is 5. The van der Waals surface area contributed by atoms with Crippen molar-refractivity contribution in [2.45, 2.75) is 19.8 Å². The smallest absolute Gasteiger partial charge is 0.309 e. The third kappa shape index (κ3) is 3.92. The Bertz CT molecular complexity index is 545. The zero-order chi connectivity index (χ0) is 15.2. The number of nitrogens with zero attached hydrogens (tertiary/aromatic N) is 3. The van der Waals surface area contributed by atoms with E-state index in [0.717, 1.165) is 25.6 Å². The molecule has 6 heteroatoms. The Labute approximate surface area is 124 Å². The molecule has 0 atom stereocenters. The fourth-order valence-electron chi connectivity index (χ4n) is 2.61. The van der Waals surface area contributed by atoms with Gasteiger partial charge in [0.15, 0.2) is 0 Å². The average molecular weight is 288 g/mol. The van der Waals surface area contributed by atoms with Gasteiger partial charge in [0, 0.05) is 13.1 Å². The van der Waals surface area contributed by atoms with E-state index in [1.807, 2.05) is 6.07 Å². The second-order valence-electron chi connectivity index (χ2n) is 5.52. The van der Waals surface area contributed by atoms with E-state index in [4.69, 9.17) is 5.26 Å². The lowest BCUT2D eigenvalue weighted by atomic mass is 9.99. The Morgan fingerprint density at radius 2 is 2.19 bits per heavy atom. The number of benzene rings is 1. The third-order valence-corrected chi connectivity index (χ3v) is 3.96. The molecule has 1 saturated heterocycles. The van der Waals surface area contributed by atoms with Gasteiger partial charge < -0.3 is 10.2 Å². The number of nitro groups is 1. The van der Waals surface area contributed by atoms with E-state index in [1.165, 1.54) is 18.9 Å². The van der Waals surface area contributed by atoms with Crippen molar-refractivity contribution in [1.29, 1.82) is 5.26 Å². The van der Waals surface area contributed by atoms with Gasteiger partial charge in [0.25, 0.3) is 0 Å². The molecule has 2 rings (SSSR count). The minimum absolute atomic E-state index is 0.0943. The molecule has 1 aliphatic rings. The maximum absolute atomic E-state index is 11.1. The maximum Gasteiger partial charge on any atom is 0.309 e. The molecule has 0 unspecified atom stereocenters. The molecule has 21 heavy (non-hydrogen) atoms. The number of para-hydroxylation sites is 1. The minimum Gasteiger partial charge on any atom is -0.378 e. The first-order valence-electron chi connectivity index (χ1n) is 7.25. The zero-order valence-electron chi connectivity index (χ0n) is 12.2. The number of nitriles is 1. The minimum atomic E-state index is -0.497. The van der Waals surface area contributed by atoms with Crippen LogP contribution in [-0.2, 0) is 0 Å². The van der Waals surface area contributed by atoms with Crippen LogP contribution >= 0.6 is 0 Å². The molecule has 0 spiro atoms. The van der Waals surface area contributed by atoms with Crippen molar-refractivity contribution >= 4 is 11.4 Å². The van der Waals surface area contributed by atoms with Gasteiger partial charge in [0.05, 0.1) is 4.92 Å². The summed E-state index contributed by atoms with van der Waals surface area (Å²) in [6.45, 7) is 5.95. The Hall–Kier alpha value is -2.13. The Kier molecular flexibility index (Phi) is 5.12. The van der Waals surface area contributed by atoms with Gasteiger partial charge in [-0.25, -0.2) is 0 Å². The summed E-state index contributed by atoms with van der Waals surface area (Å²) in [7, 11) is 0. The first-order valence-corrected chi connectivity index (χ1v) is 7.25. The highest BCUT2D eigenvalue weighted by Crippen LogP contribution is 2.27. The number of anilines is 1. The summed E-state index contributed by atoms with van der Waals surface area (Å²) in [5, 5.41) is 23.2. The summed E-state index contributed by atoms with van der Waals surface area (Å²) < 4.78 is 0. The van der Waals surface area contributed by atoms with Gasteiger partial charge in [-0.2, -0.15) is 5.26 Å². The molecule has 0 aliphatic carbocycles. The van der Waals surface area contributed by atoms with E-state index >= 15 is 0 Å². The Balaban J connectivity index is 1.94. The molecule has 6 nitrogen and oxygen atoms in total. The van der Waals surface area contributed by atoms with Crippen LogP contribution in [0.15, 0.2) is 18.2 Å². The monoisotopic (exact) mass is 288 g/mol. The molecule has 1 aromatic rings. The highest BCUT2D eigenvalue weighted by Gasteiger charge is 2.20. The molecule has 112 valence electrons. The van der Waals surface area contributed by atoms with Crippen LogP contribution in [0.4, 0.5) is 11.4 Å². The second-order valence-corrected chi connectivity index (χ2v) is 5.52. The van der Waals surface area contributed by atoms with E-state index in [0.29, 0.717) is 12.2 Å². The molecule has 1 aromatic carbocycles. The first-order chi connectivity index (χ1) is 10.1. The fraction of sp³-hybridized carbons (Fsp3) is 0.533. The van der Waals surface area contributed by atoms with Crippen LogP contribution in [0.2, 0.25) is 0 Å². The number of nitro benzene ring substituents is 1. The molecular formula is C15H20N4O2. The van der Waals surface area contributed by atoms with E-state index in [1.54, 1.807) is 12.1 Å². The van der Waals surface area contributed by atoms with Crippen molar-refractivity contribution in [3.8, 4) is 6.07 Å². The molecular weight excluding hydrogens is 268 g/mol. The predicted molar refractivity (Wildman–Crippen MR) is 81.1 cm³/mol. The third-order valence-electron chi connectivity index (χ3n) is 3.96. The van der Waals surface area contributed by atoms with Crippen molar-refractivity contribution in [2.75, 3.05) is 31.5 Å². The lowest BCUT2D eigenvalue weighted by Crippen LogP contribution is -2.36. The summed E-state index contributed by atoms with van der Waals surface area (Å²) in [5.41, 5.74) is 0.383. The number of nitrogens with one attached hydrogen (secondary N) is 1. The van der Waals surface area contributed by atoms with E-state index < -0.39 is 4.92 Å². The van der Waals surface area contributed by atoms with Crippen molar-refractivity contribution in [3.05, 3.63) is 33.9 Å².